The highest BCUT2D eigenvalue weighted by Gasteiger charge is 2.31. The van der Waals surface area contributed by atoms with Crippen molar-refractivity contribution in [1.82, 2.24) is 9.55 Å². The molecule has 1 heterocycles. The molecule has 48 heavy (non-hydrogen) atoms. The Morgan fingerprint density at radius 1 is 0.896 bits per heavy atom. The summed E-state index contributed by atoms with van der Waals surface area (Å²) in [6, 6.07) is 14.1. The van der Waals surface area contributed by atoms with Gasteiger partial charge in [0.25, 0.3) is 0 Å². The Labute approximate surface area is 287 Å². The lowest BCUT2D eigenvalue weighted by molar-refractivity contribution is 0.00358. The van der Waals surface area contributed by atoms with E-state index in [9.17, 15) is 4.39 Å². The van der Waals surface area contributed by atoms with E-state index in [4.69, 9.17) is 45.4 Å². The van der Waals surface area contributed by atoms with E-state index in [-0.39, 0.29) is 55.2 Å². The fourth-order valence-electron chi connectivity index (χ4n) is 5.52. The van der Waals surface area contributed by atoms with Gasteiger partial charge >= 0.3 is 0 Å². The zero-order chi connectivity index (χ0) is 33.9. The quantitative estimate of drug-likeness (QED) is 0.0865. The highest BCUT2D eigenvalue weighted by atomic mass is 35.5. The lowest BCUT2D eigenvalue weighted by atomic mass is 9.84. The standard InChI is InChI=1S/C35H38ClF3N2O6S/c1-43-33-19-23(5-10-29(33)36)27-3-2-4-32-34(27)41(25-8-6-24(37)7-9-25)35(40-32)48-22-28-30(38)20-26(21-31(28)39)47-18-17-46-16-15-45-14-13-44-12-11-42/h5-10,19-21,27,42H,2-4,11-18,22H2,1H3. The van der Waals surface area contributed by atoms with Gasteiger partial charge in [0.05, 0.1) is 69.8 Å². The summed E-state index contributed by atoms with van der Waals surface area (Å²) in [6.07, 6.45) is 2.49. The lowest BCUT2D eigenvalue weighted by Gasteiger charge is -2.26. The highest BCUT2D eigenvalue weighted by molar-refractivity contribution is 7.98. The molecule has 1 aliphatic carbocycles. The van der Waals surface area contributed by atoms with Crippen molar-refractivity contribution in [2.75, 3.05) is 60.0 Å². The number of methoxy groups -OCH3 is 1. The molecule has 1 atom stereocenters. The van der Waals surface area contributed by atoms with E-state index < -0.39 is 11.6 Å². The number of nitrogens with zero attached hydrogens (tertiary/aromatic N) is 2. The number of aryl methyl sites for hydroxylation is 1. The van der Waals surface area contributed by atoms with E-state index in [1.165, 1.54) is 23.9 Å². The molecule has 3 aromatic carbocycles. The molecule has 4 aromatic rings. The highest BCUT2D eigenvalue weighted by Crippen LogP contribution is 2.43. The molecule has 0 amide bonds. The average Bonchev–Trinajstić information content (AvgIpc) is 3.46. The fraction of sp³-hybridized carbons (Fsp3) is 0.400. The van der Waals surface area contributed by atoms with Crippen molar-refractivity contribution >= 4 is 23.4 Å². The van der Waals surface area contributed by atoms with Crippen molar-refractivity contribution in [1.29, 1.82) is 0 Å². The number of hydrogen-bond acceptors (Lipinski definition) is 8. The molecule has 5 rings (SSSR count). The first-order valence-electron chi connectivity index (χ1n) is 15.7. The zero-order valence-corrected chi connectivity index (χ0v) is 28.1. The number of halogens is 4. The van der Waals surface area contributed by atoms with Gasteiger partial charge in [0, 0.05) is 35.1 Å². The Morgan fingerprint density at radius 2 is 1.56 bits per heavy atom. The summed E-state index contributed by atoms with van der Waals surface area (Å²) < 4.78 is 73.2. The molecule has 258 valence electrons. The molecule has 13 heteroatoms. The predicted octanol–water partition coefficient (Wildman–Crippen LogP) is 7.13. The minimum absolute atomic E-state index is 0.0252. The van der Waals surface area contributed by atoms with Gasteiger partial charge in [-0.2, -0.15) is 0 Å². The van der Waals surface area contributed by atoms with Crippen LogP contribution in [0.3, 0.4) is 0 Å². The van der Waals surface area contributed by atoms with E-state index in [0.29, 0.717) is 48.0 Å². The van der Waals surface area contributed by atoms with Gasteiger partial charge in [0.2, 0.25) is 0 Å². The molecular weight excluding hydrogens is 669 g/mol. The Kier molecular flexibility index (Phi) is 13.5. The van der Waals surface area contributed by atoms with Gasteiger partial charge in [-0.3, -0.25) is 4.57 Å². The van der Waals surface area contributed by atoms with Crippen molar-refractivity contribution in [2.45, 2.75) is 36.1 Å². The van der Waals surface area contributed by atoms with Crippen molar-refractivity contribution in [2.24, 2.45) is 0 Å². The summed E-state index contributed by atoms with van der Waals surface area (Å²) in [4.78, 5) is 4.94. The number of aromatic nitrogens is 2. The molecule has 0 saturated carbocycles. The second-order valence-electron chi connectivity index (χ2n) is 10.9. The van der Waals surface area contributed by atoms with Crippen LogP contribution in [0.4, 0.5) is 13.2 Å². The Balaban J connectivity index is 1.27. The summed E-state index contributed by atoms with van der Waals surface area (Å²) in [6.45, 7) is 2.01. The van der Waals surface area contributed by atoms with E-state index >= 15 is 8.78 Å². The van der Waals surface area contributed by atoms with Crippen LogP contribution < -0.4 is 9.47 Å². The number of benzene rings is 3. The van der Waals surface area contributed by atoms with Gasteiger partial charge in [-0.15, -0.1) is 0 Å². The van der Waals surface area contributed by atoms with Gasteiger partial charge < -0.3 is 28.8 Å². The van der Waals surface area contributed by atoms with E-state index in [1.54, 1.807) is 25.3 Å². The molecule has 1 aliphatic rings. The number of aliphatic hydroxyl groups is 1. The first kappa shape index (κ1) is 36.0. The Hall–Kier alpha value is -3.26. The lowest BCUT2D eigenvalue weighted by Crippen LogP contribution is -2.15. The second-order valence-corrected chi connectivity index (χ2v) is 12.3. The number of imidazole rings is 1. The second kappa shape index (κ2) is 17.9. The number of rotatable bonds is 18. The maximum absolute atomic E-state index is 15.2. The molecule has 1 N–H and O–H groups in total. The van der Waals surface area contributed by atoms with Gasteiger partial charge in [-0.1, -0.05) is 29.4 Å². The first-order valence-corrected chi connectivity index (χ1v) is 17.0. The van der Waals surface area contributed by atoms with Crippen LogP contribution in [0.25, 0.3) is 5.69 Å². The van der Waals surface area contributed by atoms with Gasteiger partial charge in [-0.25, -0.2) is 18.2 Å². The number of ether oxygens (including phenoxy) is 5. The molecule has 1 unspecified atom stereocenters. The topological polar surface area (TPSA) is 84.2 Å². The van der Waals surface area contributed by atoms with Crippen LogP contribution in [0.2, 0.25) is 5.02 Å². The van der Waals surface area contributed by atoms with Crippen molar-refractivity contribution in [3.8, 4) is 17.2 Å². The molecule has 0 aliphatic heterocycles. The Bertz CT molecular complexity index is 1620. The summed E-state index contributed by atoms with van der Waals surface area (Å²) in [5.41, 5.74) is 3.44. The van der Waals surface area contributed by atoms with Crippen LogP contribution in [0.15, 0.2) is 59.8 Å². The van der Waals surface area contributed by atoms with E-state index in [2.05, 4.69) is 0 Å². The van der Waals surface area contributed by atoms with E-state index in [0.717, 1.165) is 48.3 Å². The van der Waals surface area contributed by atoms with Crippen LogP contribution in [0, 0.1) is 17.5 Å². The molecule has 0 spiro atoms. The third-order valence-corrected chi connectivity index (χ3v) is 9.07. The third-order valence-electron chi connectivity index (χ3n) is 7.79. The van der Waals surface area contributed by atoms with Crippen molar-refractivity contribution in [3.05, 3.63) is 99.6 Å². The van der Waals surface area contributed by atoms with Crippen LogP contribution in [0.5, 0.6) is 11.5 Å². The van der Waals surface area contributed by atoms with Gasteiger partial charge in [0.15, 0.2) is 5.16 Å². The normalized spacial score (nSPS) is 14.2. The maximum atomic E-state index is 15.2. The van der Waals surface area contributed by atoms with Crippen LogP contribution in [0.1, 0.15) is 41.3 Å². The fourth-order valence-corrected chi connectivity index (χ4v) is 6.77. The van der Waals surface area contributed by atoms with Crippen molar-refractivity contribution in [3.63, 3.8) is 0 Å². The van der Waals surface area contributed by atoms with Crippen LogP contribution in [-0.4, -0.2) is 74.6 Å². The first-order chi connectivity index (χ1) is 23.4. The van der Waals surface area contributed by atoms with Gasteiger partial charge in [0.1, 0.15) is 35.6 Å². The van der Waals surface area contributed by atoms with Gasteiger partial charge in [-0.05, 0) is 61.2 Å². The van der Waals surface area contributed by atoms with Crippen LogP contribution >= 0.6 is 23.4 Å². The number of fused-ring (bicyclic) bond motifs is 1. The molecule has 8 nitrogen and oxygen atoms in total. The van der Waals surface area contributed by atoms with Crippen molar-refractivity contribution < 1.29 is 42.0 Å². The molecular formula is C35H38ClF3N2O6S. The largest absolute Gasteiger partial charge is 0.495 e. The molecule has 1 aromatic heterocycles. The summed E-state index contributed by atoms with van der Waals surface area (Å²) >= 11 is 7.53. The number of aliphatic hydroxyl groups excluding tert-OH is 1. The van der Waals surface area contributed by atoms with Crippen LogP contribution in [-0.2, 0) is 26.4 Å². The monoisotopic (exact) mass is 706 g/mol. The molecule has 0 saturated heterocycles. The van der Waals surface area contributed by atoms with E-state index in [1.807, 2.05) is 16.7 Å². The minimum atomic E-state index is -0.731. The average molecular weight is 707 g/mol. The number of thioether (sulfide) groups is 1. The minimum Gasteiger partial charge on any atom is -0.495 e. The third kappa shape index (κ3) is 9.25. The number of hydrogen-bond donors (Lipinski definition) is 1. The summed E-state index contributed by atoms with van der Waals surface area (Å²) in [5.74, 6) is -1.28. The smallest absolute Gasteiger partial charge is 0.173 e. The molecule has 0 radical (unpaired) electrons. The Morgan fingerprint density at radius 3 is 2.23 bits per heavy atom. The zero-order valence-electron chi connectivity index (χ0n) is 26.6. The molecule has 0 bridgehead atoms. The molecule has 0 fully saturated rings. The summed E-state index contributed by atoms with van der Waals surface area (Å²) in [5, 5.41) is 9.72. The SMILES string of the molecule is COc1cc(C2CCCc3nc(SCc4c(F)cc(OCCOCCOCCOCCO)cc4F)n(-c4ccc(F)cc4)c32)ccc1Cl. The maximum Gasteiger partial charge on any atom is 0.173 e. The summed E-state index contributed by atoms with van der Waals surface area (Å²) in [7, 11) is 1.57. The predicted molar refractivity (Wildman–Crippen MR) is 177 cm³/mol.